The minimum absolute atomic E-state index is 0.0598. The number of anilines is 1. The summed E-state index contributed by atoms with van der Waals surface area (Å²) in [6.45, 7) is 1.20. The number of hydrogen-bond acceptors (Lipinski definition) is 3. The zero-order chi connectivity index (χ0) is 22.5. The standard InChI is InChI=1S/C19H13F5N4O3/c1-8-11-4-9(20)5-12(21)15(11)31-14(8)16(19(22,23)24)27-18(30)26-10-6-13-17(29)25-2-3-28(13)7-10/h2-7,16H,1H3,(H,25,29)(H2,26,27,30)/t16-/m1/s1. The van der Waals surface area contributed by atoms with Crippen LogP contribution >= 0.6 is 0 Å². The summed E-state index contributed by atoms with van der Waals surface area (Å²) in [6.07, 6.45) is -0.847. The summed E-state index contributed by atoms with van der Waals surface area (Å²) in [5.74, 6) is -2.92. The molecule has 7 nitrogen and oxygen atoms in total. The lowest BCUT2D eigenvalue weighted by molar-refractivity contribution is -0.158. The molecule has 1 aromatic carbocycles. The molecule has 0 saturated carbocycles. The van der Waals surface area contributed by atoms with Crippen LogP contribution < -0.4 is 16.2 Å². The van der Waals surface area contributed by atoms with Crippen molar-refractivity contribution in [3.8, 4) is 0 Å². The number of carbonyl (C=O) groups is 1. The molecule has 0 unspecified atom stereocenters. The lowest BCUT2D eigenvalue weighted by Gasteiger charge is -2.20. The quantitative estimate of drug-likeness (QED) is 0.413. The van der Waals surface area contributed by atoms with Gasteiger partial charge in [-0.05, 0) is 19.1 Å². The first-order chi connectivity index (χ1) is 14.5. The number of carbonyl (C=O) groups excluding carboxylic acids is 1. The molecule has 162 valence electrons. The highest BCUT2D eigenvalue weighted by atomic mass is 19.4. The number of aromatic nitrogens is 2. The molecule has 0 saturated heterocycles. The van der Waals surface area contributed by atoms with Crippen molar-refractivity contribution in [2.24, 2.45) is 0 Å². The Morgan fingerprint density at radius 2 is 1.97 bits per heavy atom. The third-order valence-electron chi connectivity index (χ3n) is 4.65. The van der Waals surface area contributed by atoms with Crippen molar-refractivity contribution in [3.05, 3.63) is 70.1 Å². The Morgan fingerprint density at radius 3 is 2.65 bits per heavy atom. The number of nitrogens with one attached hydrogen (secondary N) is 3. The first-order valence-electron chi connectivity index (χ1n) is 8.76. The summed E-state index contributed by atoms with van der Waals surface area (Å²) >= 11 is 0. The number of aromatic amines is 1. The van der Waals surface area contributed by atoms with Gasteiger partial charge in [-0.2, -0.15) is 13.2 Å². The second kappa shape index (κ2) is 7.15. The summed E-state index contributed by atoms with van der Waals surface area (Å²) in [7, 11) is 0. The summed E-state index contributed by atoms with van der Waals surface area (Å²) in [6, 6.07) is -1.29. The molecule has 31 heavy (non-hydrogen) atoms. The van der Waals surface area contributed by atoms with Crippen LogP contribution in [0, 0.1) is 18.6 Å². The summed E-state index contributed by atoms with van der Waals surface area (Å²) < 4.78 is 74.9. The van der Waals surface area contributed by atoms with E-state index in [1.165, 1.54) is 36.0 Å². The monoisotopic (exact) mass is 440 g/mol. The number of amides is 2. The minimum atomic E-state index is -5.01. The average Bonchev–Trinajstić information content (AvgIpc) is 3.21. The number of alkyl halides is 3. The first-order valence-corrected chi connectivity index (χ1v) is 8.76. The van der Waals surface area contributed by atoms with Crippen molar-refractivity contribution in [2.45, 2.75) is 19.1 Å². The van der Waals surface area contributed by atoms with E-state index >= 15 is 0 Å². The van der Waals surface area contributed by atoms with E-state index in [1.54, 1.807) is 5.32 Å². The highest BCUT2D eigenvalue weighted by Crippen LogP contribution is 2.39. The molecule has 3 aromatic heterocycles. The van der Waals surface area contributed by atoms with E-state index in [-0.39, 0.29) is 22.2 Å². The van der Waals surface area contributed by atoms with Crippen LogP contribution in [0.15, 0.2) is 46.0 Å². The number of fused-ring (bicyclic) bond motifs is 2. The predicted molar refractivity (Wildman–Crippen MR) is 99.8 cm³/mol. The maximum absolute atomic E-state index is 13.9. The van der Waals surface area contributed by atoms with Gasteiger partial charge < -0.3 is 24.4 Å². The van der Waals surface area contributed by atoms with Gasteiger partial charge in [-0.3, -0.25) is 4.79 Å². The third-order valence-corrected chi connectivity index (χ3v) is 4.65. The molecule has 0 spiro atoms. The van der Waals surface area contributed by atoms with Crippen molar-refractivity contribution in [1.82, 2.24) is 14.7 Å². The number of halogens is 5. The molecule has 4 rings (SSSR count). The highest BCUT2D eigenvalue weighted by Gasteiger charge is 2.45. The summed E-state index contributed by atoms with van der Waals surface area (Å²) in [5, 5.41) is 3.76. The number of hydrogen-bond donors (Lipinski definition) is 3. The van der Waals surface area contributed by atoms with Crippen LogP contribution in [0.4, 0.5) is 32.4 Å². The van der Waals surface area contributed by atoms with E-state index in [0.717, 1.165) is 6.07 Å². The molecule has 0 fully saturated rings. The van der Waals surface area contributed by atoms with Crippen molar-refractivity contribution >= 4 is 28.2 Å². The summed E-state index contributed by atoms with van der Waals surface area (Å²) in [5.41, 5.74) is -0.961. The third kappa shape index (κ3) is 3.71. The van der Waals surface area contributed by atoms with Gasteiger partial charge in [0.25, 0.3) is 5.56 Å². The molecule has 0 radical (unpaired) electrons. The van der Waals surface area contributed by atoms with Gasteiger partial charge in [-0.1, -0.05) is 0 Å². The molecule has 3 heterocycles. The van der Waals surface area contributed by atoms with Crippen LogP contribution in [0.25, 0.3) is 16.5 Å². The topological polar surface area (TPSA) is 91.5 Å². The smallest absolute Gasteiger partial charge is 0.416 e. The van der Waals surface area contributed by atoms with Crippen LogP contribution in [0.3, 0.4) is 0 Å². The zero-order valence-electron chi connectivity index (χ0n) is 15.6. The Bertz CT molecular complexity index is 1370. The van der Waals surface area contributed by atoms with Crippen LogP contribution in [0.2, 0.25) is 0 Å². The van der Waals surface area contributed by atoms with Gasteiger partial charge in [0.15, 0.2) is 17.4 Å². The Kier molecular flexibility index (Phi) is 4.71. The minimum Gasteiger partial charge on any atom is -0.455 e. The number of rotatable bonds is 3. The second-order valence-corrected chi connectivity index (χ2v) is 6.74. The number of aryl methyl sites for hydroxylation is 1. The Hall–Kier alpha value is -3.83. The Morgan fingerprint density at radius 1 is 1.23 bits per heavy atom. The number of H-pyrrole nitrogens is 1. The highest BCUT2D eigenvalue weighted by molar-refractivity contribution is 5.90. The van der Waals surface area contributed by atoms with Gasteiger partial charge in [-0.15, -0.1) is 0 Å². The normalized spacial score (nSPS) is 13.0. The molecule has 0 aliphatic carbocycles. The number of benzene rings is 1. The van der Waals surface area contributed by atoms with Crippen LogP contribution in [-0.2, 0) is 0 Å². The van der Waals surface area contributed by atoms with Gasteiger partial charge in [0, 0.05) is 35.6 Å². The van der Waals surface area contributed by atoms with E-state index in [0.29, 0.717) is 6.07 Å². The first kappa shape index (κ1) is 20.4. The SMILES string of the molecule is Cc1c([C@@H](NC(=O)Nc2cc3c(=O)[nH]ccn3c2)C(F)(F)F)oc2c(F)cc(F)cc12. The molecule has 0 bridgehead atoms. The lowest BCUT2D eigenvalue weighted by Crippen LogP contribution is -2.40. The van der Waals surface area contributed by atoms with E-state index < -0.39 is 46.8 Å². The molecule has 3 N–H and O–H groups in total. The fourth-order valence-corrected chi connectivity index (χ4v) is 3.25. The van der Waals surface area contributed by atoms with Crippen molar-refractivity contribution in [2.75, 3.05) is 5.32 Å². The molecule has 12 heteroatoms. The Labute approximate surface area is 169 Å². The fourth-order valence-electron chi connectivity index (χ4n) is 3.25. The molecule has 4 aromatic rings. The Balaban J connectivity index is 1.66. The molecule has 2 amide bonds. The molecular weight excluding hydrogens is 427 g/mol. The number of urea groups is 1. The van der Waals surface area contributed by atoms with Gasteiger partial charge in [0.2, 0.25) is 0 Å². The van der Waals surface area contributed by atoms with Crippen molar-refractivity contribution < 1.29 is 31.2 Å². The van der Waals surface area contributed by atoms with E-state index in [9.17, 15) is 31.5 Å². The average molecular weight is 440 g/mol. The van der Waals surface area contributed by atoms with Crippen LogP contribution in [0.5, 0.6) is 0 Å². The number of furan rings is 1. The number of nitrogens with zero attached hydrogens (tertiary/aromatic N) is 1. The summed E-state index contributed by atoms with van der Waals surface area (Å²) in [4.78, 5) is 26.4. The second-order valence-electron chi connectivity index (χ2n) is 6.74. The van der Waals surface area contributed by atoms with E-state index in [1.807, 2.05) is 0 Å². The van der Waals surface area contributed by atoms with Crippen molar-refractivity contribution in [3.63, 3.8) is 0 Å². The molecule has 1 atom stereocenters. The van der Waals surface area contributed by atoms with Crippen LogP contribution in [-0.4, -0.2) is 21.6 Å². The molecular formula is C19H13F5N4O3. The predicted octanol–water partition coefficient (Wildman–Crippen LogP) is 4.39. The zero-order valence-corrected chi connectivity index (χ0v) is 15.6. The van der Waals surface area contributed by atoms with Crippen LogP contribution in [0.1, 0.15) is 17.4 Å². The maximum Gasteiger partial charge on any atom is 0.416 e. The molecule has 0 aliphatic heterocycles. The maximum atomic E-state index is 13.9. The van der Waals surface area contributed by atoms with Gasteiger partial charge >= 0.3 is 12.2 Å². The van der Waals surface area contributed by atoms with E-state index in [4.69, 9.17) is 4.42 Å². The van der Waals surface area contributed by atoms with E-state index in [2.05, 4.69) is 10.3 Å². The van der Waals surface area contributed by atoms with Gasteiger partial charge in [-0.25, -0.2) is 13.6 Å². The molecule has 0 aliphatic rings. The largest absolute Gasteiger partial charge is 0.455 e. The van der Waals surface area contributed by atoms with Gasteiger partial charge in [0.1, 0.15) is 17.1 Å². The fraction of sp³-hybridized carbons (Fsp3) is 0.158. The van der Waals surface area contributed by atoms with Crippen molar-refractivity contribution in [1.29, 1.82) is 0 Å². The van der Waals surface area contributed by atoms with Gasteiger partial charge in [0.05, 0.1) is 5.69 Å². The lowest BCUT2D eigenvalue weighted by atomic mass is 10.1.